The maximum atomic E-state index is 6.27. The van der Waals surface area contributed by atoms with Gasteiger partial charge in [-0.15, -0.1) is 11.6 Å². The predicted molar refractivity (Wildman–Crippen MR) is 111 cm³/mol. The summed E-state index contributed by atoms with van der Waals surface area (Å²) in [4.78, 5) is 9.48. The summed E-state index contributed by atoms with van der Waals surface area (Å²) in [6, 6.07) is 14.5. The fourth-order valence-corrected chi connectivity index (χ4v) is 3.62. The lowest BCUT2D eigenvalue weighted by atomic mass is 10.1. The van der Waals surface area contributed by atoms with E-state index >= 15 is 0 Å². The third-order valence-electron chi connectivity index (χ3n) is 4.77. The third kappa shape index (κ3) is 3.43. The highest BCUT2D eigenvalue weighted by atomic mass is 35.5. The van der Waals surface area contributed by atoms with Gasteiger partial charge in [0.15, 0.2) is 11.3 Å². The molecule has 5 heteroatoms. The molecule has 1 aliphatic heterocycles. The highest BCUT2D eigenvalue weighted by Gasteiger charge is 2.16. The van der Waals surface area contributed by atoms with Gasteiger partial charge in [0.05, 0.1) is 11.9 Å². The maximum absolute atomic E-state index is 6.27. The molecule has 0 fully saturated rings. The van der Waals surface area contributed by atoms with E-state index in [1.165, 1.54) is 11.1 Å². The minimum Gasteiger partial charge on any atom is -0.452 e. The van der Waals surface area contributed by atoms with Crippen LogP contribution < -0.4 is 10.7 Å². The number of halogens is 1. The molecule has 2 aromatic rings. The molecule has 4 rings (SSSR count). The summed E-state index contributed by atoms with van der Waals surface area (Å²) < 4.78 is 6.27. The molecule has 0 spiro atoms. The first kappa shape index (κ1) is 18.0. The second kappa shape index (κ2) is 7.67. The van der Waals surface area contributed by atoms with Crippen LogP contribution in [0.4, 0.5) is 5.69 Å². The Labute approximate surface area is 163 Å². The highest BCUT2D eigenvalue weighted by Crippen LogP contribution is 2.32. The van der Waals surface area contributed by atoms with Gasteiger partial charge in [0.1, 0.15) is 16.9 Å². The topological polar surface area (TPSA) is 55.0 Å². The molecule has 0 aromatic heterocycles. The second-order valence-corrected chi connectivity index (χ2v) is 7.07. The van der Waals surface area contributed by atoms with Gasteiger partial charge < -0.3 is 9.73 Å². The summed E-state index contributed by atoms with van der Waals surface area (Å²) in [5.74, 6) is 1.43. The SMILES string of the molecule is CCN=c1cc2oc3cc([NH2+]CCCCl)c4ccccc4c3nc-2cc1C. The minimum atomic E-state index is 0.668. The molecule has 138 valence electrons. The van der Waals surface area contributed by atoms with Crippen molar-refractivity contribution in [3.05, 3.63) is 53.4 Å². The van der Waals surface area contributed by atoms with Crippen molar-refractivity contribution in [2.45, 2.75) is 20.3 Å². The van der Waals surface area contributed by atoms with Crippen LogP contribution in [0.3, 0.4) is 0 Å². The van der Waals surface area contributed by atoms with E-state index in [1.807, 2.05) is 19.1 Å². The van der Waals surface area contributed by atoms with Crippen LogP contribution in [0.5, 0.6) is 0 Å². The van der Waals surface area contributed by atoms with Crippen molar-refractivity contribution in [3.8, 4) is 11.5 Å². The number of alkyl halides is 1. The van der Waals surface area contributed by atoms with Gasteiger partial charge in [0.2, 0.25) is 0 Å². The van der Waals surface area contributed by atoms with Crippen molar-refractivity contribution < 1.29 is 9.73 Å². The van der Waals surface area contributed by atoms with Crippen LogP contribution in [0.1, 0.15) is 18.9 Å². The molecule has 2 N–H and O–H groups in total. The lowest BCUT2D eigenvalue weighted by Gasteiger charge is -2.11. The number of hydrogen-bond acceptors (Lipinski definition) is 3. The first-order valence-electron chi connectivity index (χ1n) is 9.38. The molecule has 0 saturated carbocycles. The zero-order chi connectivity index (χ0) is 18.8. The van der Waals surface area contributed by atoms with Gasteiger partial charge in [-0.05, 0) is 31.5 Å². The van der Waals surface area contributed by atoms with Crippen molar-refractivity contribution in [2.24, 2.45) is 4.99 Å². The number of hydrogen-bond donors (Lipinski definition) is 1. The number of nitrogens with two attached hydrogens (primary N) is 1. The quantitative estimate of drug-likeness (QED) is 0.186. The summed E-state index contributed by atoms with van der Waals surface area (Å²) in [5, 5.41) is 5.50. The molecule has 2 aliphatic rings. The van der Waals surface area contributed by atoms with Crippen molar-refractivity contribution >= 4 is 39.2 Å². The Bertz CT molecular complexity index is 1150. The third-order valence-corrected chi connectivity index (χ3v) is 5.04. The summed E-state index contributed by atoms with van der Waals surface area (Å²) >= 11 is 5.84. The molecule has 27 heavy (non-hydrogen) atoms. The van der Waals surface area contributed by atoms with Gasteiger partial charge in [-0.3, -0.25) is 4.99 Å². The Kier molecular flexibility index (Phi) is 5.10. The molecule has 0 radical (unpaired) electrons. The molecule has 0 saturated heterocycles. The molecular formula is C22H23ClN3O+. The monoisotopic (exact) mass is 380 g/mol. The van der Waals surface area contributed by atoms with Crippen molar-refractivity contribution in [3.63, 3.8) is 0 Å². The Hall–Kier alpha value is -2.43. The van der Waals surface area contributed by atoms with Gasteiger partial charge in [0.25, 0.3) is 0 Å². The minimum absolute atomic E-state index is 0.668. The van der Waals surface area contributed by atoms with E-state index < -0.39 is 0 Å². The smallest absolute Gasteiger partial charge is 0.159 e. The van der Waals surface area contributed by atoms with Crippen LogP contribution in [-0.4, -0.2) is 24.0 Å². The Morgan fingerprint density at radius 1 is 1.15 bits per heavy atom. The maximum Gasteiger partial charge on any atom is 0.159 e. The van der Waals surface area contributed by atoms with E-state index in [4.69, 9.17) is 21.0 Å². The number of benzene rings is 3. The fraction of sp³-hybridized carbons (Fsp3) is 0.273. The predicted octanol–water partition coefficient (Wildman–Crippen LogP) is 4.14. The Balaban J connectivity index is 1.99. The van der Waals surface area contributed by atoms with E-state index in [2.05, 4.69) is 47.6 Å². The van der Waals surface area contributed by atoms with Crippen LogP contribution in [0, 0.1) is 6.92 Å². The van der Waals surface area contributed by atoms with E-state index in [-0.39, 0.29) is 0 Å². The van der Waals surface area contributed by atoms with Crippen LogP contribution in [0.2, 0.25) is 0 Å². The molecule has 0 bridgehead atoms. The number of aryl methyl sites for hydroxylation is 1. The first-order valence-corrected chi connectivity index (χ1v) is 9.91. The summed E-state index contributed by atoms with van der Waals surface area (Å²) in [5.41, 5.74) is 4.83. The molecule has 1 aliphatic carbocycles. The lowest BCUT2D eigenvalue weighted by molar-refractivity contribution is -0.569. The number of fused-ring (bicyclic) bond motifs is 4. The largest absolute Gasteiger partial charge is 0.452 e. The van der Waals surface area contributed by atoms with Gasteiger partial charge in [-0.25, -0.2) is 4.98 Å². The molecule has 1 heterocycles. The summed E-state index contributed by atoms with van der Waals surface area (Å²) in [6.07, 6.45) is 0.961. The Morgan fingerprint density at radius 2 is 1.96 bits per heavy atom. The molecule has 0 amide bonds. The number of rotatable bonds is 5. The average Bonchev–Trinajstić information content (AvgIpc) is 2.68. The van der Waals surface area contributed by atoms with E-state index in [0.29, 0.717) is 5.88 Å². The van der Waals surface area contributed by atoms with Crippen molar-refractivity contribution in [1.82, 2.24) is 4.98 Å². The molecule has 2 aromatic carbocycles. The summed E-state index contributed by atoms with van der Waals surface area (Å²) in [6.45, 7) is 5.79. The fourth-order valence-electron chi connectivity index (χ4n) is 3.47. The first-order chi connectivity index (χ1) is 13.2. The molecule has 4 nitrogen and oxygen atoms in total. The van der Waals surface area contributed by atoms with Crippen molar-refractivity contribution in [2.75, 3.05) is 19.0 Å². The molecular weight excluding hydrogens is 358 g/mol. The summed E-state index contributed by atoms with van der Waals surface area (Å²) in [7, 11) is 0. The van der Waals surface area contributed by atoms with Gasteiger partial charge in [0, 0.05) is 41.8 Å². The zero-order valence-electron chi connectivity index (χ0n) is 15.6. The van der Waals surface area contributed by atoms with Crippen LogP contribution in [0.25, 0.3) is 33.3 Å². The normalized spacial score (nSPS) is 12.5. The Morgan fingerprint density at radius 3 is 2.74 bits per heavy atom. The number of aromatic nitrogens is 1. The molecule has 0 atom stereocenters. The van der Waals surface area contributed by atoms with Crippen molar-refractivity contribution in [1.29, 1.82) is 0 Å². The highest BCUT2D eigenvalue weighted by molar-refractivity contribution is 6.17. The van der Waals surface area contributed by atoms with Gasteiger partial charge in [-0.2, -0.15) is 0 Å². The van der Waals surface area contributed by atoms with E-state index in [1.54, 1.807) is 0 Å². The number of quaternary nitrogens is 1. The lowest BCUT2D eigenvalue weighted by Crippen LogP contribution is -2.78. The van der Waals surface area contributed by atoms with E-state index in [9.17, 15) is 0 Å². The van der Waals surface area contributed by atoms with Crippen LogP contribution >= 0.6 is 11.6 Å². The average molecular weight is 381 g/mol. The van der Waals surface area contributed by atoms with E-state index in [0.717, 1.165) is 58.4 Å². The van der Waals surface area contributed by atoms with Crippen LogP contribution in [-0.2, 0) is 0 Å². The zero-order valence-corrected chi connectivity index (χ0v) is 16.4. The molecule has 0 unspecified atom stereocenters. The number of nitrogens with zero attached hydrogens (tertiary/aromatic N) is 2. The van der Waals surface area contributed by atoms with Crippen LogP contribution in [0.15, 0.2) is 51.9 Å². The second-order valence-electron chi connectivity index (χ2n) is 6.69. The van der Waals surface area contributed by atoms with Gasteiger partial charge >= 0.3 is 0 Å². The van der Waals surface area contributed by atoms with Gasteiger partial charge in [-0.1, -0.05) is 18.2 Å². The standard InChI is InChI=1S/C22H22ClN3O/c1-3-24-17-12-20-19(11-14(17)2)26-22-16-8-5-4-7-15(16)18(13-21(22)27-20)25-10-6-9-23/h4-5,7-8,11-13,25H,3,6,9-10H2,1-2H3/p+1.